The fourth-order valence-corrected chi connectivity index (χ4v) is 0.921. The van der Waals surface area contributed by atoms with E-state index in [4.69, 9.17) is 10.8 Å². The van der Waals surface area contributed by atoms with Crippen LogP contribution >= 0.6 is 12.6 Å². The van der Waals surface area contributed by atoms with E-state index in [0.717, 1.165) is 4.90 Å². The molecule has 3 N–H and O–H groups in total. The van der Waals surface area contributed by atoms with Gasteiger partial charge in [-0.25, -0.2) is 9.59 Å². The number of hydrogen-bond acceptors (Lipinski definition) is 3. The van der Waals surface area contributed by atoms with Crippen molar-refractivity contribution in [1.29, 1.82) is 0 Å². The van der Waals surface area contributed by atoms with Gasteiger partial charge in [-0.1, -0.05) is 0 Å². The number of thiol groups is 1. The van der Waals surface area contributed by atoms with Gasteiger partial charge in [0.1, 0.15) is 6.04 Å². The molecule has 0 radical (unpaired) electrons. The predicted molar refractivity (Wildman–Crippen MR) is 42.6 cm³/mol. The molecule has 5 nitrogen and oxygen atoms in total. The average molecular weight is 178 g/mol. The largest absolute Gasteiger partial charge is 0.480 e. The van der Waals surface area contributed by atoms with E-state index < -0.39 is 18.0 Å². The van der Waals surface area contributed by atoms with Gasteiger partial charge in [-0.15, -0.1) is 0 Å². The molecule has 11 heavy (non-hydrogen) atoms. The summed E-state index contributed by atoms with van der Waals surface area (Å²) in [6.45, 7) is 0. The zero-order valence-electron chi connectivity index (χ0n) is 6.02. The van der Waals surface area contributed by atoms with Gasteiger partial charge in [0.05, 0.1) is 0 Å². The van der Waals surface area contributed by atoms with Gasteiger partial charge in [0.2, 0.25) is 0 Å². The molecule has 1 atom stereocenters. The third-order valence-electron chi connectivity index (χ3n) is 1.27. The van der Waals surface area contributed by atoms with Gasteiger partial charge in [-0.3, -0.25) is 0 Å². The number of likely N-dealkylation sites (N-methyl/N-ethyl adjacent to an activating group) is 1. The lowest BCUT2D eigenvalue weighted by Gasteiger charge is -2.20. The van der Waals surface area contributed by atoms with E-state index in [0.29, 0.717) is 0 Å². The number of carboxylic acid groups (broad SMARTS) is 1. The van der Waals surface area contributed by atoms with Crippen LogP contribution in [-0.2, 0) is 4.79 Å². The third kappa shape index (κ3) is 2.67. The Balaban J connectivity index is 4.25. The minimum Gasteiger partial charge on any atom is -0.480 e. The Kier molecular flexibility index (Phi) is 3.73. The zero-order valence-corrected chi connectivity index (χ0v) is 6.91. The molecular formula is C5H10N2O3S. The Morgan fingerprint density at radius 3 is 2.27 bits per heavy atom. The van der Waals surface area contributed by atoms with Crippen molar-refractivity contribution in [3.05, 3.63) is 0 Å². The van der Waals surface area contributed by atoms with Gasteiger partial charge < -0.3 is 15.7 Å². The van der Waals surface area contributed by atoms with Gasteiger partial charge in [-0.05, 0) is 0 Å². The molecule has 0 aliphatic rings. The Labute approximate surface area is 69.6 Å². The highest BCUT2D eigenvalue weighted by Gasteiger charge is 2.22. The van der Waals surface area contributed by atoms with Crippen molar-refractivity contribution in [2.45, 2.75) is 6.04 Å². The molecule has 0 heterocycles. The van der Waals surface area contributed by atoms with Crippen LogP contribution in [0.3, 0.4) is 0 Å². The second kappa shape index (κ2) is 4.07. The molecular weight excluding hydrogens is 168 g/mol. The van der Waals surface area contributed by atoms with Crippen LogP contribution in [0.2, 0.25) is 0 Å². The maximum absolute atomic E-state index is 10.5. The summed E-state index contributed by atoms with van der Waals surface area (Å²) in [6, 6.07) is -1.72. The summed E-state index contributed by atoms with van der Waals surface area (Å²) >= 11 is 3.76. The fourth-order valence-electron chi connectivity index (χ4n) is 0.520. The lowest BCUT2D eigenvalue weighted by Crippen LogP contribution is -2.46. The molecule has 0 fully saturated rings. The Bertz CT molecular complexity index is 173. The van der Waals surface area contributed by atoms with Crippen LogP contribution in [-0.4, -0.2) is 40.8 Å². The number of carbonyl (C=O) groups excluding carboxylic acids is 1. The first kappa shape index (κ1) is 10.1. The van der Waals surface area contributed by atoms with Gasteiger partial charge >= 0.3 is 12.0 Å². The first-order chi connectivity index (χ1) is 5.00. The molecule has 6 heteroatoms. The molecule has 0 aromatic carbocycles. The Hall–Kier alpha value is -0.910. The van der Waals surface area contributed by atoms with Gasteiger partial charge in [0.15, 0.2) is 0 Å². The quantitative estimate of drug-likeness (QED) is 0.503. The molecule has 64 valence electrons. The fraction of sp³-hybridized carbons (Fsp3) is 0.600. The summed E-state index contributed by atoms with van der Waals surface area (Å²) in [5.41, 5.74) is 4.84. The summed E-state index contributed by atoms with van der Waals surface area (Å²) in [5.74, 6) is -1.06. The number of rotatable bonds is 3. The van der Waals surface area contributed by atoms with Crippen LogP contribution in [0.4, 0.5) is 4.79 Å². The van der Waals surface area contributed by atoms with Gasteiger partial charge in [0.25, 0.3) is 0 Å². The maximum Gasteiger partial charge on any atom is 0.327 e. The summed E-state index contributed by atoms with van der Waals surface area (Å²) in [7, 11) is 1.32. The molecule has 0 aliphatic carbocycles. The SMILES string of the molecule is CN(C(N)=O)C(CS)C(=O)O. The number of primary amides is 1. The highest BCUT2D eigenvalue weighted by Crippen LogP contribution is 1.98. The van der Waals surface area contributed by atoms with E-state index in [1.165, 1.54) is 7.05 Å². The second-order valence-corrected chi connectivity index (χ2v) is 2.35. The third-order valence-corrected chi connectivity index (χ3v) is 1.62. The highest BCUT2D eigenvalue weighted by molar-refractivity contribution is 7.80. The van der Waals surface area contributed by atoms with Crippen LogP contribution in [0.15, 0.2) is 0 Å². The van der Waals surface area contributed by atoms with E-state index in [1.54, 1.807) is 0 Å². The minimum atomic E-state index is -1.11. The summed E-state index contributed by atoms with van der Waals surface area (Å²) in [5, 5.41) is 8.49. The zero-order chi connectivity index (χ0) is 9.02. The van der Waals surface area contributed by atoms with Crippen LogP contribution < -0.4 is 5.73 Å². The van der Waals surface area contributed by atoms with Gasteiger partial charge in [-0.2, -0.15) is 12.6 Å². The normalized spacial score (nSPS) is 12.2. The topological polar surface area (TPSA) is 83.6 Å². The number of nitrogens with two attached hydrogens (primary N) is 1. The number of nitrogens with zero attached hydrogens (tertiary/aromatic N) is 1. The van der Waals surface area contributed by atoms with Gasteiger partial charge in [0, 0.05) is 12.8 Å². The van der Waals surface area contributed by atoms with E-state index in [-0.39, 0.29) is 5.75 Å². The first-order valence-electron chi connectivity index (χ1n) is 2.86. The molecule has 0 bridgehead atoms. The predicted octanol–water partition coefficient (Wildman–Crippen LogP) is -0.620. The van der Waals surface area contributed by atoms with E-state index in [1.807, 2.05) is 0 Å². The van der Waals surface area contributed by atoms with Crippen molar-refractivity contribution in [3.8, 4) is 0 Å². The maximum atomic E-state index is 10.5. The molecule has 0 saturated heterocycles. The second-order valence-electron chi connectivity index (χ2n) is 1.99. The molecule has 0 saturated carbocycles. The van der Waals surface area contributed by atoms with Crippen molar-refractivity contribution in [1.82, 2.24) is 4.90 Å². The van der Waals surface area contributed by atoms with E-state index in [2.05, 4.69) is 12.6 Å². The van der Waals surface area contributed by atoms with Crippen LogP contribution in [0.1, 0.15) is 0 Å². The monoisotopic (exact) mass is 178 g/mol. The lowest BCUT2D eigenvalue weighted by atomic mass is 10.3. The van der Waals surface area contributed by atoms with E-state index in [9.17, 15) is 9.59 Å². The molecule has 0 aromatic heterocycles. The molecule has 0 aliphatic heterocycles. The summed E-state index contributed by atoms with van der Waals surface area (Å²) in [4.78, 5) is 21.8. The number of aliphatic carboxylic acids is 1. The van der Waals surface area contributed by atoms with Crippen LogP contribution in [0.5, 0.6) is 0 Å². The van der Waals surface area contributed by atoms with Crippen molar-refractivity contribution < 1.29 is 14.7 Å². The average Bonchev–Trinajstić information content (AvgIpc) is 1.88. The van der Waals surface area contributed by atoms with Crippen molar-refractivity contribution in [3.63, 3.8) is 0 Å². The standard InChI is InChI=1S/C5H10N2O3S/c1-7(5(6)10)3(2-11)4(8)9/h3,11H,2H2,1H3,(H2,6,10)(H,8,9). The summed E-state index contributed by atoms with van der Waals surface area (Å²) < 4.78 is 0. The molecule has 2 amide bonds. The Morgan fingerprint density at radius 1 is 1.73 bits per heavy atom. The number of carbonyl (C=O) groups is 2. The Morgan fingerprint density at radius 2 is 2.18 bits per heavy atom. The number of amides is 2. The van der Waals surface area contributed by atoms with E-state index >= 15 is 0 Å². The lowest BCUT2D eigenvalue weighted by molar-refractivity contribution is -0.140. The molecule has 0 spiro atoms. The van der Waals surface area contributed by atoms with Crippen molar-refractivity contribution in [2.24, 2.45) is 5.73 Å². The number of hydrogen-bond donors (Lipinski definition) is 3. The molecule has 0 aromatic rings. The van der Waals surface area contributed by atoms with Crippen LogP contribution in [0.25, 0.3) is 0 Å². The van der Waals surface area contributed by atoms with Crippen molar-refractivity contribution >= 4 is 24.6 Å². The highest BCUT2D eigenvalue weighted by atomic mass is 32.1. The minimum absolute atomic E-state index is 0.0504. The van der Waals surface area contributed by atoms with Crippen molar-refractivity contribution in [2.75, 3.05) is 12.8 Å². The number of carboxylic acids is 1. The number of urea groups is 1. The molecule has 1 unspecified atom stereocenters. The first-order valence-corrected chi connectivity index (χ1v) is 3.50. The van der Waals surface area contributed by atoms with Crippen LogP contribution in [0, 0.1) is 0 Å². The smallest absolute Gasteiger partial charge is 0.327 e. The summed E-state index contributed by atoms with van der Waals surface area (Å²) in [6.07, 6.45) is 0. The molecule has 0 rings (SSSR count).